The highest BCUT2D eigenvalue weighted by atomic mass is 35.5. The van der Waals surface area contributed by atoms with Crippen LogP contribution in [-0.4, -0.2) is 28.8 Å². The number of aromatic nitrogens is 2. The van der Waals surface area contributed by atoms with Crippen molar-refractivity contribution in [2.45, 2.75) is 12.4 Å². The minimum absolute atomic E-state index is 0. The third-order valence-electron chi connectivity index (χ3n) is 1.60. The predicted molar refractivity (Wildman–Crippen MR) is 57.4 cm³/mol. The van der Waals surface area contributed by atoms with Crippen LogP contribution in [0.15, 0.2) is 6.20 Å². The largest absolute Gasteiger partial charge is 0.305 e. The highest BCUT2D eigenvalue weighted by Crippen LogP contribution is 2.10. The number of rotatable bonds is 3. The van der Waals surface area contributed by atoms with E-state index in [-0.39, 0.29) is 12.4 Å². The monoisotopic (exact) mass is 223 g/mol. The molecule has 0 fully saturated rings. The van der Waals surface area contributed by atoms with Crippen molar-refractivity contribution in [3.63, 3.8) is 0 Å². The Morgan fingerprint density at radius 2 is 2.15 bits per heavy atom. The molecule has 0 aliphatic heterocycles. The summed E-state index contributed by atoms with van der Waals surface area (Å²) in [6.07, 6.45) is 2.01. The highest BCUT2D eigenvalue weighted by molar-refractivity contribution is 6.16. The van der Waals surface area contributed by atoms with Crippen molar-refractivity contribution in [1.82, 2.24) is 14.7 Å². The maximum atomic E-state index is 5.73. The normalized spacial score (nSPS) is 10.2. The third-order valence-corrected chi connectivity index (χ3v) is 1.86. The second-order valence-corrected chi connectivity index (χ2v) is 3.41. The molecule has 1 rings (SSSR count). The highest BCUT2D eigenvalue weighted by Gasteiger charge is 2.06. The van der Waals surface area contributed by atoms with Crippen LogP contribution in [-0.2, 0) is 19.5 Å². The second kappa shape index (κ2) is 5.47. The number of hydrogen-bond acceptors (Lipinski definition) is 2. The zero-order valence-electron chi connectivity index (χ0n) is 8.12. The van der Waals surface area contributed by atoms with E-state index in [9.17, 15) is 0 Å². The van der Waals surface area contributed by atoms with E-state index in [0.29, 0.717) is 5.88 Å². The summed E-state index contributed by atoms with van der Waals surface area (Å²) in [5.74, 6) is 0.490. The smallest absolute Gasteiger partial charge is 0.0817 e. The van der Waals surface area contributed by atoms with Crippen molar-refractivity contribution in [2.24, 2.45) is 7.05 Å². The first-order valence-corrected chi connectivity index (χ1v) is 4.39. The summed E-state index contributed by atoms with van der Waals surface area (Å²) < 4.78 is 1.80. The van der Waals surface area contributed by atoms with Crippen LogP contribution < -0.4 is 0 Å². The number of alkyl halides is 1. The summed E-state index contributed by atoms with van der Waals surface area (Å²) >= 11 is 5.73. The SMILES string of the molecule is CN(C)Cc1cn(C)nc1CCl.Cl. The first kappa shape index (κ1) is 12.8. The first-order valence-electron chi connectivity index (χ1n) is 3.85. The molecule has 13 heavy (non-hydrogen) atoms. The van der Waals surface area contributed by atoms with E-state index in [0.717, 1.165) is 12.2 Å². The molecule has 0 saturated carbocycles. The van der Waals surface area contributed by atoms with E-state index in [4.69, 9.17) is 11.6 Å². The van der Waals surface area contributed by atoms with Gasteiger partial charge in [0.1, 0.15) is 0 Å². The molecule has 1 heterocycles. The molecular formula is C8H15Cl2N3. The van der Waals surface area contributed by atoms with Crippen LogP contribution in [0.5, 0.6) is 0 Å². The van der Waals surface area contributed by atoms with Gasteiger partial charge >= 0.3 is 0 Å². The molecular weight excluding hydrogens is 209 g/mol. The Hall–Kier alpha value is -0.250. The molecule has 3 nitrogen and oxygen atoms in total. The Morgan fingerprint density at radius 3 is 2.62 bits per heavy atom. The van der Waals surface area contributed by atoms with Crippen LogP contribution in [0, 0.1) is 0 Å². The Balaban J connectivity index is 0.00000144. The van der Waals surface area contributed by atoms with Crippen molar-refractivity contribution in [3.05, 3.63) is 17.5 Å². The topological polar surface area (TPSA) is 21.1 Å². The van der Waals surface area contributed by atoms with E-state index in [1.807, 2.05) is 27.3 Å². The molecule has 0 atom stereocenters. The molecule has 1 aromatic heterocycles. The summed E-state index contributed by atoms with van der Waals surface area (Å²) in [4.78, 5) is 2.10. The Labute approximate surface area is 90.1 Å². The van der Waals surface area contributed by atoms with E-state index in [1.54, 1.807) is 4.68 Å². The first-order chi connectivity index (χ1) is 5.63. The summed E-state index contributed by atoms with van der Waals surface area (Å²) in [6, 6.07) is 0. The average molecular weight is 224 g/mol. The van der Waals surface area contributed by atoms with Gasteiger partial charge in [-0.15, -0.1) is 24.0 Å². The molecule has 1 aromatic rings. The van der Waals surface area contributed by atoms with E-state index in [1.165, 1.54) is 5.56 Å². The van der Waals surface area contributed by atoms with Crippen molar-refractivity contribution in [2.75, 3.05) is 14.1 Å². The van der Waals surface area contributed by atoms with Gasteiger partial charge in [-0.05, 0) is 14.1 Å². The molecule has 0 spiro atoms. The van der Waals surface area contributed by atoms with Crippen LogP contribution in [0.25, 0.3) is 0 Å². The molecule has 5 heteroatoms. The number of hydrogen-bond donors (Lipinski definition) is 0. The van der Waals surface area contributed by atoms with Crippen molar-refractivity contribution in [3.8, 4) is 0 Å². The van der Waals surface area contributed by atoms with Gasteiger partial charge in [-0.25, -0.2) is 0 Å². The molecule has 0 aliphatic rings. The van der Waals surface area contributed by atoms with Gasteiger partial charge in [-0.1, -0.05) is 0 Å². The van der Waals surface area contributed by atoms with E-state index >= 15 is 0 Å². The maximum Gasteiger partial charge on any atom is 0.0817 e. The molecule has 0 radical (unpaired) electrons. The fraction of sp³-hybridized carbons (Fsp3) is 0.625. The minimum atomic E-state index is 0. The standard InChI is InChI=1S/C8H14ClN3.ClH/c1-11(2)5-7-6-12(3)10-8(7)4-9;/h6H,4-5H2,1-3H3;1H. The molecule has 0 saturated heterocycles. The van der Waals surface area contributed by atoms with Gasteiger partial charge in [0, 0.05) is 25.4 Å². The van der Waals surface area contributed by atoms with Gasteiger partial charge in [-0.2, -0.15) is 5.10 Å². The van der Waals surface area contributed by atoms with Gasteiger partial charge in [0.15, 0.2) is 0 Å². The zero-order valence-corrected chi connectivity index (χ0v) is 9.69. The van der Waals surface area contributed by atoms with Crippen molar-refractivity contribution in [1.29, 1.82) is 0 Å². The fourth-order valence-electron chi connectivity index (χ4n) is 1.17. The van der Waals surface area contributed by atoms with Crippen molar-refractivity contribution < 1.29 is 0 Å². The lowest BCUT2D eigenvalue weighted by molar-refractivity contribution is 0.401. The maximum absolute atomic E-state index is 5.73. The van der Waals surface area contributed by atoms with Gasteiger partial charge in [-0.3, -0.25) is 4.68 Å². The summed E-state index contributed by atoms with van der Waals surface area (Å²) in [7, 11) is 5.98. The number of halogens is 2. The molecule has 0 bridgehead atoms. The molecule has 0 aliphatic carbocycles. The second-order valence-electron chi connectivity index (χ2n) is 3.15. The molecule has 0 unspecified atom stereocenters. The number of nitrogens with zero attached hydrogens (tertiary/aromatic N) is 3. The quantitative estimate of drug-likeness (QED) is 0.728. The van der Waals surface area contributed by atoms with Crippen LogP contribution in [0.3, 0.4) is 0 Å². The van der Waals surface area contributed by atoms with Gasteiger partial charge in [0.2, 0.25) is 0 Å². The van der Waals surface area contributed by atoms with Gasteiger partial charge in [0.25, 0.3) is 0 Å². The molecule has 76 valence electrons. The lowest BCUT2D eigenvalue weighted by Crippen LogP contribution is -2.11. The lowest BCUT2D eigenvalue weighted by atomic mass is 10.2. The van der Waals surface area contributed by atoms with Crippen LogP contribution in [0.2, 0.25) is 0 Å². The molecule has 0 aromatic carbocycles. The third kappa shape index (κ3) is 3.55. The zero-order chi connectivity index (χ0) is 9.14. The molecule has 0 amide bonds. The van der Waals surface area contributed by atoms with E-state index < -0.39 is 0 Å². The van der Waals surface area contributed by atoms with Crippen LogP contribution >= 0.6 is 24.0 Å². The average Bonchev–Trinajstić information content (AvgIpc) is 2.29. The minimum Gasteiger partial charge on any atom is -0.305 e. The number of aryl methyl sites for hydroxylation is 1. The van der Waals surface area contributed by atoms with Gasteiger partial charge in [0.05, 0.1) is 11.6 Å². The fourth-order valence-corrected chi connectivity index (χ4v) is 1.39. The van der Waals surface area contributed by atoms with Crippen LogP contribution in [0.4, 0.5) is 0 Å². The lowest BCUT2D eigenvalue weighted by Gasteiger charge is -2.07. The predicted octanol–water partition coefficient (Wildman–Crippen LogP) is 1.64. The summed E-state index contributed by atoms with van der Waals surface area (Å²) in [5.41, 5.74) is 2.19. The van der Waals surface area contributed by atoms with Crippen molar-refractivity contribution >= 4 is 24.0 Å². The van der Waals surface area contributed by atoms with Crippen LogP contribution in [0.1, 0.15) is 11.3 Å². The Kier molecular flexibility index (Phi) is 5.37. The summed E-state index contributed by atoms with van der Waals surface area (Å²) in [6.45, 7) is 0.899. The Morgan fingerprint density at radius 1 is 1.54 bits per heavy atom. The van der Waals surface area contributed by atoms with Gasteiger partial charge < -0.3 is 4.90 Å². The Bertz CT molecular complexity index is 258. The molecule has 0 N–H and O–H groups in total. The van der Waals surface area contributed by atoms with E-state index in [2.05, 4.69) is 10.00 Å². The summed E-state index contributed by atoms with van der Waals surface area (Å²) in [5, 5.41) is 4.24.